The summed E-state index contributed by atoms with van der Waals surface area (Å²) in [6.45, 7) is 1.30. The first-order valence-corrected chi connectivity index (χ1v) is 5.06. The summed E-state index contributed by atoms with van der Waals surface area (Å²) in [5.74, 6) is -0.892. The zero-order valence-corrected chi connectivity index (χ0v) is 9.78. The number of anilines is 1. The van der Waals surface area contributed by atoms with Crippen molar-refractivity contribution in [3.8, 4) is 12.1 Å². The van der Waals surface area contributed by atoms with Gasteiger partial charge in [0.2, 0.25) is 0 Å². The Balaban J connectivity index is 2.78. The lowest BCUT2D eigenvalue weighted by Gasteiger charge is -2.09. The third kappa shape index (κ3) is 3.33. The van der Waals surface area contributed by atoms with Gasteiger partial charge in [-0.15, -0.1) is 0 Å². The van der Waals surface area contributed by atoms with Gasteiger partial charge in [-0.3, -0.25) is 4.79 Å². The number of ketones is 1. The molecule has 0 aliphatic rings. The third-order valence-electron chi connectivity index (χ3n) is 1.94. The van der Waals surface area contributed by atoms with E-state index in [1.54, 1.807) is 12.1 Å². The number of nitriles is 2. The monoisotopic (exact) mass is 244 g/mol. The number of rotatable bonds is 3. The maximum Gasteiger partial charge on any atom is 0.155 e. The molecule has 84 valence electrons. The highest BCUT2D eigenvalue weighted by atomic mass is 32.1. The predicted octanol–water partition coefficient (Wildman–Crippen LogP) is 1.42. The van der Waals surface area contributed by atoms with Crippen molar-refractivity contribution >= 4 is 28.8 Å². The van der Waals surface area contributed by atoms with E-state index in [4.69, 9.17) is 22.7 Å². The van der Waals surface area contributed by atoms with Crippen molar-refractivity contribution in [2.45, 2.75) is 6.92 Å². The van der Waals surface area contributed by atoms with Gasteiger partial charge in [-0.25, -0.2) is 4.98 Å². The van der Waals surface area contributed by atoms with Crippen LogP contribution in [0.1, 0.15) is 12.5 Å². The summed E-state index contributed by atoms with van der Waals surface area (Å²) >= 11 is 4.93. The van der Waals surface area contributed by atoms with Gasteiger partial charge in [0.1, 0.15) is 16.9 Å². The first kappa shape index (κ1) is 12.8. The number of carbonyl (C=O) groups excluding carboxylic acids is 1. The summed E-state index contributed by atoms with van der Waals surface area (Å²) in [5, 5.41) is 20.0. The van der Waals surface area contributed by atoms with Crippen LogP contribution in [0.3, 0.4) is 0 Å². The van der Waals surface area contributed by atoms with Crippen LogP contribution in [-0.4, -0.2) is 15.8 Å². The molecule has 1 atom stereocenters. The van der Waals surface area contributed by atoms with Crippen molar-refractivity contribution in [2.24, 2.45) is 5.92 Å². The molecule has 0 saturated carbocycles. The number of pyridine rings is 1. The first-order chi connectivity index (χ1) is 8.08. The minimum Gasteiger partial charge on any atom is -0.333 e. The lowest BCUT2D eigenvalue weighted by Crippen LogP contribution is -2.25. The van der Waals surface area contributed by atoms with E-state index in [1.165, 1.54) is 13.1 Å². The summed E-state index contributed by atoms with van der Waals surface area (Å²) in [6.07, 6.45) is 1.38. The van der Waals surface area contributed by atoms with Crippen molar-refractivity contribution < 1.29 is 4.79 Å². The van der Waals surface area contributed by atoms with E-state index in [9.17, 15) is 4.79 Å². The second-order valence-corrected chi connectivity index (χ2v) is 3.65. The molecule has 1 aromatic heterocycles. The Labute approximate surface area is 104 Å². The number of nitrogens with zero attached hydrogens (tertiary/aromatic N) is 3. The molecule has 0 fully saturated rings. The van der Waals surface area contributed by atoms with Crippen LogP contribution in [0, 0.1) is 28.6 Å². The molecule has 17 heavy (non-hydrogen) atoms. The van der Waals surface area contributed by atoms with Gasteiger partial charge in [-0.2, -0.15) is 10.5 Å². The van der Waals surface area contributed by atoms with Crippen LogP contribution >= 0.6 is 12.2 Å². The van der Waals surface area contributed by atoms with Gasteiger partial charge in [0, 0.05) is 6.20 Å². The highest BCUT2D eigenvalue weighted by molar-refractivity contribution is 7.80. The molecule has 1 aromatic rings. The molecular weight excluding hydrogens is 236 g/mol. The quantitative estimate of drug-likeness (QED) is 0.809. The zero-order valence-electron chi connectivity index (χ0n) is 8.97. The van der Waals surface area contributed by atoms with E-state index in [2.05, 4.69) is 10.3 Å². The number of aromatic nitrogens is 1. The van der Waals surface area contributed by atoms with Crippen molar-refractivity contribution in [3.05, 3.63) is 23.9 Å². The maximum atomic E-state index is 11.1. The van der Waals surface area contributed by atoms with Crippen LogP contribution in [-0.2, 0) is 4.79 Å². The summed E-state index contributed by atoms with van der Waals surface area (Å²) in [7, 11) is 0. The molecule has 1 N–H and O–H groups in total. The molecule has 0 aromatic carbocycles. The Morgan fingerprint density at radius 3 is 2.65 bits per heavy atom. The maximum absolute atomic E-state index is 11.1. The van der Waals surface area contributed by atoms with E-state index in [0.29, 0.717) is 11.4 Å². The van der Waals surface area contributed by atoms with Gasteiger partial charge in [-0.05, 0) is 19.1 Å². The molecule has 1 rings (SSSR count). The average molecular weight is 244 g/mol. The van der Waals surface area contributed by atoms with Gasteiger partial charge in [-0.1, -0.05) is 12.2 Å². The Morgan fingerprint density at radius 2 is 2.24 bits per heavy atom. The van der Waals surface area contributed by atoms with E-state index >= 15 is 0 Å². The standard InChI is InChI=1S/C11H8N4OS/c1-7(16)9(5-13)11(17)15-10-3-2-8(4-12)6-14-10/h2-3,6,9H,1H3,(H,14,15,17). The van der Waals surface area contributed by atoms with Gasteiger partial charge >= 0.3 is 0 Å². The van der Waals surface area contributed by atoms with Crippen LogP contribution in [0.15, 0.2) is 18.3 Å². The van der Waals surface area contributed by atoms with Gasteiger partial charge in [0.05, 0.1) is 11.6 Å². The predicted molar refractivity (Wildman–Crippen MR) is 65.0 cm³/mol. The van der Waals surface area contributed by atoms with Gasteiger partial charge in [0.25, 0.3) is 0 Å². The number of hydrogen-bond donors (Lipinski definition) is 1. The molecule has 0 radical (unpaired) electrons. The topological polar surface area (TPSA) is 89.6 Å². The summed E-state index contributed by atoms with van der Waals surface area (Å²) < 4.78 is 0. The number of carbonyl (C=O) groups is 1. The third-order valence-corrected chi connectivity index (χ3v) is 2.28. The fourth-order valence-corrected chi connectivity index (χ4v) is 1.39. The van der Waals surface area contributed by atoms with Crippen molar-refractivity contribution in [3.63, 3.8) is 0 Å². The molecule has 0 amide bonds. The number of nitrogens with one attached hydrogen (secondary N) is 1. The molecule has 0 bridgehead atoms. The van der Waals surface area contributed by atoms with Crippen LogP contribution < -0.4 is 5.32 Å². The number of thiocarbonyl (C=S) groups is 1. The molecule has 0 spiro atoms. The first-order valence-electron chi connectivity index (χ1n) is 4.65. The van der Waals surface area contributed by atoms with Crippen LogP contribution in [0.25, 0.3) is 0 Å². The normalized spacial score (nSPS) is 10.8. The van der Waals surface area contributed by atoms with Crippen molar-refractivity contribution in [1.29, 1.82) is 10.5 Å². The summed E-state index contributed by atoms with van der Waals surface area (Å²) in [6, 6.07) is 6.86. The van der Waals surface area contributed by atoms with Crippen LogP contribution in [0.2, 0.25) is 0 Å². The second-order valence-electron chi connectivity index (χ2n) is 3.21. The minimum atomic E-state index is -0.970. The molecule has 0 aliphatic carbocycles. The molecule has 1 unspecified atom stereocenters. The fourth-order valence-electron chi connectivity index (χ4n) is 1.07. The molecule has 6 heteroatoms. The molecule has 1 heterocycles. The molecule has 0 aliphatic heterocycles. The molecular formula is C11H8N4OS. The Kier molecular flexibility index (Phi) is 4.27. The van der Waals surface area contributed by atoms with Crippen LogP contribution in [0.5, 0.6) is 0 Å². The highest BCUT2D eigenvalue weighted by Gasteiger charge is 2.19. The molecule has 0 saturated heterocycles. The Bertz CT molecular complexity index is 524. The largest absolute Gasteiger partial charge is 0.333 e. The smallest absolute Gasteiger partial charge is 0.155 e. The number of hydrogen-bond acceptors (Lipinski definition) is 5. The summed E-state index contributed by atoms with van der Waals surface area (Å²) in [5.41, 5.74) is 0.421. The lowest BCUT2D eigenvalue weighted by molar-refractivity contribution is -0.117. The SMILES string of the molecule is CC(=O)C(C#N)C(=S)Nc1ccc(C#N)cn1. The Hall–Kier alpha value is -2.31. The van der Waals surface area contributed by atoms with Gasteiger partial charge in [0.15, 0.2) is 11.7 Å². The van der Waals surface area contributed by atoms with E-state index < -0.39 is 5.92 Å². The Morgan fingerprint density at radius 1 is 1.53 bits per heavy atom. The van der Waals surface area contributed by atoms with E-state index in [-0.39, 0.29) is 10.8 Å². The number of Topliss-reactive ketones (excluding diaryl/α,β-unsaturated/α-hetero) is 1. The zero-order chi connectivity index (χ0) is 12.8. The minimum absolute atomic E-state index is 0.109. The average Bonchev–Trinajstić information content (AvgIpc) is 2.30. The van der Waals surface area contributed by atoms with Crippen molar-refractivity contribution in [1.82, 2.24) is 4.98 Å². The fraction of sp³-hybridized carbons (Fsp3) is 0.182. The highest BCUT2D eigenvalue weighted by Crippen LogP contribution is 2.08. The van der Waals surface area contributed by atoms with Gasteiger partial charge < -0.3 is 5.32 Å². The molecule has 5 nitrogen and oxygen atoms in total. The second kappa shape index (κ2) is 5.69. The summed E-state index contributed by atoms with van der Waals surface area (Å²) in [4.78, 5) is 15.1. The van der Waals surface area contributed by atoms with E-state index in [0.717, 1.165) is 0 Å². The van der Waals surface area contributed by atoms with E-state index in [1.807, 2.05) is 12.1 Å². The lowest BCUT2D eigenvalue weighted by atomic mass is 10.1. The van der Waals surface area contributed by atoms with Crippen LogP contribution in [0.4, 0.5) is 5.82 Å². The van der Waals surface area contributed by atoms with Crippen molar-refractivity contribution in [2.75, 3.05) is 5.32 Å².